The largest absolute Gasteiger partial charge is 0.504 e. The van der Waals surface area contributed by atoms with Crippen molar-refractivity contribution in [3.8, 4) is 11.5 Å². The van der Waals surface area contributed by atoms with Crippen molar-refractivity contribution in [2.75, 3.05) is 0 Å². The number of aromatic hydroxyl groups is 2. The Morgan fingerprint density at radius 3 is 2.31 bits per heavy atom. The summed E-state index contributed by atoms with van der Waals surface area (Å²) in [5.74, 6) is -2.27. The van der Waals surface area contributed by atoms with Crippen LogP contribution >= 0.6 is 0 Å². The van der Waals surface area contributed by atoms with Crippen LogP contribution in [0.2, 0.25) is 0 Å². The Kier molecular flexibility index (Phi) is 2.43. The van der Waals surface area contributed by atoms with E-state index in [0.29, 0.717) is 5.56 Å². The summed E-state index contributed by atoms with van der Waals surface area (Å²) in [5.41, 5.74) is 0.308. The lowest BCUT2D eigenvalue weighted by atomic mass is 10.1. The molecule has 3 N–H and O–H groups in total. The van der Waals surface area contributed by atoms with Gasteiger partial charge in [-0.25, -0.2) is 4.39 Å². The van der Waals surface area contributed by atoms with Crippen molar-refractivity contribution in [2.45, 2.75) is 20.0 Å². The Morgan fingerprint density at radius 2 is 1.85 bits per heavy atom. The van der Waals surface area contributed by atoms with Gasteiger partial charge < -0.3 is 15.3 Å². The molecule has 0 aliphatic rings. The summed E-state index contributed by atoms with van der Waals surface area (Å²) in [6.45, 7) is 2.90. The Balaban J connectivity index is 3.41. The topological polar surface area (TPSA) is 60.7 Å². The number of hydrogen-bond donors (Lipinski definition) is 3. The normalized spacial score (nSPS) is 12.9. The van der Waals surface area contributed by atoms with Crippen molar-refractivity contribution >= 4 is 0 Å². The second-order valence-electron chi connectivity index (χ2n) is 2.97. The van der Waals surface area contributed by atoms with Crippen molar-refractivity contribution in [1.29, 1.82) is 0 Å². The first-order chi connectivity index (χ1) is 5.95. The highest BCUT2D eigenvalue weighted by molar-refractivity contribution is 5.48. The number of phenols is 2. The maximum atomic E-state index is 13.1. The highest BCUT2D eigenvalue weighted by Gasteiger charge is 2.17. The summed E-state index contributed by atoms with van der Waals surface area (Å²) in [4.78, 5) is 0. The monoisotopic (exact) mass is 186 g/mol. The van der Waals surface area contributed by atoms with E-state index in [4.69, 9.17) is 15.3 Å². The van der Waals surface area contributed by atoms with Gasteiger partial charge in [0.15, 0.2) is 17.3 Å². The summed E-state index contributed by atoms with van der Waals surface area (Å²) in [6.07, 6.45) is -1.01. The zero-order chi connectivity index (χ0) is 10.2. The molecule has 1 aromatic rings. The Labute approximate surface area is 75.1 Å². The molecule has 1 atom stereocenters. The van der Waals surface area contributed by atoms with E-state index in [2.05, 4.69) is 0 Å². The lowest BCUT2D eigenvalue weighted by Crippen LogP contribution is -1.97. The van der Waals surface area contributed by atoms with Crippen LogP contribution in [0.5, 0.6) is 11.5 Å². The van der Waals surface area contributed by atoms with Gasteiger partial charge in [-0.15, -0.1) is 0 Å². The van der Waals surface area contributed by atoms with Crippen LogP contribution < -0.4 is 0 Å². The lowest BCUT2D eigenvalue weighted by Gasteiger charge is -2.10. The summed E-state index contributed by atoms with van der Waals surface area (Å²) in [5, 5.41) is 27.3. The summed E-state index contributed by atoms with van der Waals surface area (Å²) in [7, 11) is 0. The Bertz CT molecular complexity index is 334. The van der Waals surface area contributed by atoms with Gasteiger partial charge in [0.1, 0.15) is 0 Å². The molecule has 0 saturated heterocycles. The predicted octanol–water partition coefficient (Wildman–Crippen LogP) is 1.60. The average Bonchev–Trinajstić information content (AvgIpc) is 2.07. The summed E-state index contributed by atoms with van der Waals surface area (Å²) >= 11 is 0. The number of rotatable bonds is 1. The van der Waals surface area contributed by atoms with E-state index in [1.54, 1.807) is 0 Å². The van der Waals surface area contributed by atoms with Crippen molar-refractivity contribution in [3.63, 3.8) is 0 Å². The molecule has 0 heterocycles. The SMILES string of the molecule is Cc1cc(C(C)O)c(F)c(O)c1O. The van der Waals surface area contributed by atoms with E-state index >= 15 is 0 Å². The fraction of sp³-hybridized carbons (Fsp3) is 0.333. The second kappa shape index (κ2) is 3.22. The maximum Gasteiger partial charge on any atom is 0.194 e. The molecule has 72 valence electrons. The number of aliphatic hydroxyl groups is 1. The van der Waals surface area contributed by atoms with Crippen molar-refractivity contribution in [2.24, 2.45) is 0 Å². The Hall–Kier alpha value is -1.29. The standard InChI is InChI=1S/C9H11FO3/c1-4-3-6(5(2)11)7(10)9(13)8(4)12/h3,5,11-13H,1-2H3. The van der Waals surface area contributed by atoms with Crippen molar-refractivity contribution in [1.82, 2.24) is 0 Å². The van der Waals surface area contributed by atoms with E-state index in [9.17, 15) is 4.39 Å². The van der Waals surface area contributed by atoms with Gasteiger partial charge in [-0.3, -0.25) is 0 Å². The van der Waals surface area contributed by atoms with Crippen LogP contribution in [0.4, 0.5) is 4.39 Å². The highest BCUT2D eigenvalue weighted by Crippen LogP contribution is 2.35. The fourth-order valence-electron chi connectivity index (χ4n) is 1.10. The molecule has 1 rings (SSSR count). The van der Waals surface area contributed by atoms with Gasteiger partial charge in [0.25, 0.3) is 0 Å². The van der Waals surface area contributed by atoms with Crippen molar-refractivity contribution < 1.29 is 19.7 Å². The van der Waals surface area contributed by atoms with Gasteiger partial charge >= 0.3 is 0 Å². The zero-order valence-electron chi connectivity index (χ0n) is 7.37. The molecule has 1 unspecified atom stereocenters. The molecule has 0 aliphatic carbocycles. The smallest absolute Gasteiger partial charge is 0.194 e. The molecule has 3 nitrogen and oxygen atoms in total. The Morgan fingerprint density at radius 1 is 1.31 bits per heavy atom. The van der Waals surface area contributed by atoms with Crippen LogP contribution in [0.25, 0.3) is 0 Å². The van der Waals surface area contributed by atoms with Crippen LogP contribution in [0.3, 0.4) is 0 Å². The highest BCUT2D eigenvalue weighted by atomic mass is 19.1. The number of hydrogen-bond acceptors (Lipinski definition) is 3. The predicted molar refractivity (Wildman–Crippen MR) is 45.1 cm³/mol. The first kappa shape index (κ1) is 9.80. The minimum Gasteiger partial charge on any atom is -0.504 e. The number of phenolic OH excluding ortho intramolecular Hbond substituents is 2. The molecule has 0 amide bonds. The van der Waals surface area contributed by atoms with E-state index in [1.165, 1.54) is 19.9 Å². The molecular weight excluding hydrogens is 175 g/mol. The molecule has 0 aliphatic heterocycles. The van der Waals surface area contributed by atoms with Crippen LogP contribution in [-0.4, -0.2) is 15.3 Å². The van der Waals surface area contributed by atoms with Gasteiger partial charge in [-0.05, 0) is 25.5 Å². The van der Waals surface area contributed by atoms with Crippen LogP contribution in [-0.2, 0) is 0 Å². The second-order valence-corrected chi connectivity index (χ2v) is 2.97. The van der Waals surface area contributed by atoms with Crippen molar-refractivity contribution in [3.05, 3.63) is 23.0 Å². The third kappa shape index (κ3) is 1.58. The molecule has 0 fully saturated rings. The number of aliphatic hydroxyl groups excluding tert-OH is 1. The minimum atomic E-state index is -1.01. The molecule has 0 spiro atoms. The zero-order valence-corrected chi connectivity index (χ0v) is 7.37. The lowest BCUT2D eigenvalue weighted by molar-refractivity contribution is 0.192. The third-order valence-electron chi connectivity index (χ3n) is 1.88. The van der Waals surface area contributed by atoms with Crippen LogP contribution in [0.1, 0.15) is 24.2 Å². The van der Waals surface area contributed by atoms with E-state index in [-0.39, 0.29) is 5.56 Å². The van der Waals surface area contributed by atoms with E-state index in [0.717, 1.165) is 0 Å². The molecule has 4 heteroatoms. The molecule has 0 bridgehead atoms. The quantitative estimate of drug-likeness (QED) is 0.584. The van der Waals surface area contributed by atoms with Crippen LogP contribution in [0.15, 0.2) is 6.07 Å². The molecule has 13 heavy (non-hydrogen) atoms. The fourth-order valence-corrected chi connectivity index (χ4v) is 1.10. The molecule has 0 radical (unpaired) electrons. The summed E-state index contributed by atoms with van der Waals surface area (Å²) < 4.78 is 13.1. The first-order valence-corrected chi connectivity index (χ1v) is 3.84. The number of halogens is 1. The molecule has 0 aromatic heterocycles. The van der Waals surface area contributed by atoms with Crippen LogP contribution in [0, 0.1) is 12.7 Å². The number of aryl methyl sites for hydroxylation is 1. The van der Waals surface area contributed by atoms with E-state index in [1.807, 2.05) is 0 Å². The average molecular weight is 186 g/mol. The third-order valence-corrected chi connectivity index (χ3v) is 1.88. The van der Waals surface area contributed by atoms with Gasteiger partial charge in [-0.2, -0.15) is 0 Å². The first-order valence-electron chi connectivity index (χ1n) is 3.84. The number of benzene rings is 1. The molecule has 0 saturated carbocycles. The minimum absolute atomic E-state index is 0.0206. The van der Waals surface area contributed by atoms with E-state index < -0.39 is 23.4 Å². The van der Waals surface area contributed by atoms with Gasteiger partial charge in [-0.1, -0.05) is 0 Å². The maximum absolute atomic E-state index is 13.1. The molecular formula is C9H11FO3. The van der Waals surface area contributed by atoms with Gasteiger partial charge in [0.2, 0.25) is 0 Å². The summed E-state index contributed by atoms with van der Waals surface area (Å²) in [6, 6.07) is 1.30. The molecule has 1 aromatic carbocycles. The van der Waals surface area contributed by atoms with Gasteiger partial charge in [0.05, 0.1) is 6.10 Å². The van der Waals surface area contributed by atoms with Gasteiger partial charge in [0, 0.05) is 5.56 Å².